The fraction of sp³-hybridized carbons (Fsp3) is 0.105. The summed E-state index contributed by atoms with van der Waals surface area (Å²) in [5.41, 5.74) is 2.08. The molecule has 1 heterocycles. The number of halogens is 1. The van der Waals surface area contributed by atoms with E-state index in [1.54, 1.807) is 19.9 Å². The van der Waals surface area contributed by atoms with E-state index in [-0.39, 0.29) is 10.8 Å². The van der Waals surface area contributed by atoms with Gasteiger partial charge in [-0.25, -0.2) is 32.3 Å². The molecule has 8 nitrogen and oxygen atoms in total. The molecule has 1 aromatic heterocycles. The molecule has 0 saturated carbocycles. The van der Waals surface area contributed by atoms with E-state index in [2.05, 4.69) is 25.3 Å². The first kappa shape index (κ1) is 20.2. The fourth-order valence-corrected chi connectivity index (χ4v) is 3.44. The zero-order valence-corrected chi connectivity index (χ0v) is 16.4. The molecule has 29 heavy (non-hydrogen) atoms. The van der Waals surface area contributed by atoms with E-state index >= 15 is 0 Å². The molecule has 2 aromatic carbocycles. The summed E-state index contributed by atoms with van der Waals surface area (Å²) in [6.07, 6.45) is 0. The minimum atomic E-state index is -3.88. The number of nitrogens with one attached hydrogen (secondary N) is 3. The monoisotopic (exact) mass is 415 g/mol. The van der Waals surface area contributed by atoms with E-state index in [9.17, 15) is 17.6 Å². The van der Waals surface area contributed by atoms with Crippen LogP contribution in [0.15, 0.2) is 59.5 Å². The summed E-state index contributed by atoms with van der Waals surface area (Å²) in [7, 11) is -3.88. The van der Waals surface area contributed by atoms with Crippen LogP contribution in [0, 0.1) is 19.7 Å². The van der Waals surface area contributed by atoms with Gasteiger partial charge >= 0.3 is 6.03 Å². The van der Waals surface area contributed by atoms with E-state index in [1.807, 2.05) is 0 Å². The molecule has 0 fully saturated rings. The average molecular weight is 415 g/mol. The van der Waals surface area contributed by atoms with Crippen molar-refractivity contribution in [2.24, 2.45) is 0 Å². The second-order valence-corrected chi connectivity index (χ2v) is 7.87. The van der Waals surface area contributed by atoms with Crippen molar-refractivity contribution >= 4 is 33.4 Å². The normalized spacial score (nSPS) is 11.0. The van der Waals surface area contributed by atoms with E-state index in [0.717, 1.165) is 0 Å². The van der Waals surface area contributed by atoms with Gasteiger partial charge in [0.15, 0.2) is 0 Å². The summed E-state index contributed by atoms with van der Waals surface area (Å²) in [4.78, 5) is 20.1. The Morgan fingerprint density at radius 1 is 0.862 bits per heavy atom. The molecule has 0 bridgehead atoms. The van der Waals surface area contributed by atoms with Crippen LogP contribution in [0.2, 0.25) is 0 Å². The number of hydrogen-bond donors (Lipinski definition) is 3. The molecule has 2 amide bonds. The Kier molecular flexibility index (Phi) is 5.74. The lowest BCUT2D eigenvalue weighted by atomic mass is 10.3. The van der Waals surface area contributed by atoms with Crippen LogP contribution in [0.3, 0.4) is 0 Å². The summed E-state index contributed by atoms with van der Waals surface area (Å²) in [6.45, 7) is 3.48. The Balaban J connectivity index is 1.67. The Hall–Kier alpha value is -3.53. The van der Waals surface area contributed by atoms with Gasteiger partial charge in [0.1, 0.15) is 5.82 Å². The van der Waals surface area contributed by atoms with Crippen molar-refractivity contribution in [3.8, 4) is 0 Å². The average Bonchev–Trinajstić information content (AvgIpc) is 2.63. The van der Waals surface area contributed by atoms with Crippen molar-refractivity contribution in [3.05, 3.63) is 71.8 Å². The van der Waals surface area contributed by atoms with Gasteiger partial charge in [-0.15, -0.1) is 0 Å². The third-order valence-corrected chi connectivity index (χ3v) is 5.08. The van der Waals surface area contributed by atoms with Crippen LogP contribution >= 0.6 is 0 Å². The summed E-state index contributed by atoms with van der Waals surface area (Å²) in [6, 6.07) is 12.1. The van der Waals surface area contributed by atoms with Crippen LogP contribution in [-0.4, -0.2) is 24.4 Å². The standard InChI is InChI=1S/C19H18FN5O3S/c1-12-11-13(2)22-18(21-12)25-29(27,28)17-9-7-16(8-10-17)24-19(26)23-15-5-3-14(20)4-6-15/h3-11H,1-2H3,(H,21,22,25)(H2,23,24,26). The number of carbonyl (C=O) groups is 1. The molecule has 3 rings (SSSR count). The van der Waals surface area contributed by atoms with Crippen molar-refractivity contribution in [3.63, 3.8) is 0 Å². The maximum atomic E-state index is 12.9. The summed E-state index contributed by atoms with van der Waals surface area (Å²) in [5, 5.41) is 5.11. The SMILES string of the molecule is Cc1cc(C)nc(NS(=O)(=O)c2ccc(NC(=O)Nc3ccc(F)cc3)cc2)n1. The van der Waals surface area contributed by atoms with Gasteiger partial charge in [-0.2, -0.15) is 0 Å². The number of hydrogen-bond acceptors (Lipinski definition) is 5. The molecule has 0 unspecified atom stereocenters. The number of nitrogens with zero attached hydrogens (tertiary/aromatic N) is 2. The summed E-state index contributed by atoms with van der Waals surface area (Å²) in [5.74, 6) is -0.420. The van der Waals surface area contributed by atoms with Crippen molar-refractivity contribution in [1.82, 2.24) is 9.97 Å². The molecule has 0 saturated heterocycles. The van der Waals surface area contributed by atoms with Gasteiger partial charge in [0.05, 0.1) is 4.90 Å². The fourth-order valence-electron chi connectivity index (χ4n) is 2.49. The third kappa shape index (κ3) is 5.48. The van der Waals surface area contributed by atoms with Crippen LogP contribution in [0.1, 0.15) is 11.4 Å². The van der Waals surface area contributed by atoms with Crippen molar-refractivity contribution < 1.29 is 17.6 Å². The molecule has 0 aliphatic rings. The maximum absolute atomic E-state index is 12.9. The smallest absolute Gasteiger partial charge is 0.308 e. The quantitative estimate of drug-likeness (QED) is 0.588. The maximum Gasteiger partial charge on any atom is 0.323 e. The molecule has 10 heteroatoms. The van der Waals surface area contributed by atoms with E-state index < -0.39 is 21.9 Å². The number of carbonyl (C=O) groups excluding carboxylic acids is 1. The molecule has 3 N–H and O–H groups in total. The minimum absolute atomic E-state index is 0.00949. The predicted octanol–water partition coefficient (Wildman–Crippen LogP) is 3.68. The minimum Gasteiger partial charge on any atom is -0.308 e. The molecule has 0 atom stereocenters. The lowest BCUT2D eigenvalue weighted by Gasteiger charge is -2.10. The Morgan fingerprint density at radius 3 is 1.86 bits per heavy atom. The van der Waals surface area contributed by atoms with Crippen LogP contribution in [0.4, 0.5) is 26.5 Å². The van der Waals surface area contributed by atoms with Gasteiger partial charge in [0.2, 0.25) is 5.95 Å². The zero-order chi connectivity index (χ0) is 21.0. The number of rotatable bonds is 5. The van der Waals surface area contributed by atoms with Crippen molar-refractivity contribution in [2.75, 3.05) is 15.4 Å². The topological polar surface area (TPSA) is 113 Å². The van der Waals surface area contributed by atoms with Gasteiger partial charge in [0, 0.05) is 22.8 Å². The number of sulfonamides is 1. The number of benzene rings is 2. The summed E-state index contributed by atoms with van der Waals surface area (Å²) >= 11 is 0. The van der Waals surface area contributed by atoms with Crippen molar-refractivity contribution in [2.45, 2.75) is 18.7 Å². The number of anilines is 3. The first-order chi connectivity index (χ1) is 13.7. The molecule has 0 aliphatic carbocycles. The molecule has 0 radical (unpaired) electrons. The van der Waals surface area contributed by atoms with Gasteiger partial charge in [-0.1, -0.05) is 0 Å². The molecule has 150 valence electrons. The van der Waals surface area contributed by atoms with E-state index in [1.165, 1.54) is 48.5 Å². The third-order valence-electron chi connectivity index (χ3n) is 3.73. The number of aromatic nitrogens is 2. The Bertz CT molecular complexity index is 1110. The lowest BCUT2D eigenvalue weighted by molar-refractivity contribution is 0.262. The molecular weight excluding hydrogens is 397 g/mol. The molecule has 3 aromatic rings. The van der Waals surface area contributed by atoms with Gasteiger partial charge in [0.25, 0.3) is 10.0 Å². The van der Waals surface area contributed by atoms with Crippen LogP contribution in [-0.2, 0) is 10.0 Å². The van der Waals surface area contributed by atoms with Crippen LogP contribution in [0.5, 0.6) is 0 Å². The Labute approximate surface area is 167 Å². The largest absolute Gasteiger partial charge is 0.323 e. The van der Waals surface area contributed by atoms with Crippen LogP contribution < -0.4 is 15.4 Å². The first-order valence-corrected chi connectivity index (χ1v) is 9.98. The van der Waals surface area contributed by atoms with Gasteiger partial charge < -0.3 is 10.6 Å². The highest BCUT2D eigenvalue weighted by Crippen LogP contribution is 2.17. The van der Waals surface area contributed by atoms with Crippen LogP contribution in [0.25, 0.3) is 0 Å². The molecular formula is C19H18FN5O3S. The van der Waals surface area contributed by atoms with Gasteiger partial charge in [-0.3, -0.25) is 0 Å². The second kappa shape index (κ2) is 8.23. The predicted molar refractivity (Wildman–Crippen MR) is 108 cm³/mol. The highest BCUT2D eigenvalue weighted by atomic mass is 32.2. The zero-order valence-electron chi connectivity index (χ0n) is 15.6. The lowest BCUT2D eigenvalue weighted by Crippen LogP contribution is -2.19. The number of aryl methyl sites for hydroxylation is 2. The highest BCUT2D eigenvalue weighted by Gasteiger charge is 2.16. The molecule has 0 aliphatic heterocycles. The highest BCUT2D eigenvalue weighted by molar-refractivity contribution is 7.92. The second-order valence-electron chi connectivity index (χ2n) is 6.19. The van der Waals surface area contributed by atoms with Crippen molar-refractivity contribution in [1.29, 1.82) is 0 Å². The first-order valence-electron chi connectivity index (χ1n) is 8.50. The number of urea groups is 1. The van der Waals surface area contributed by atoms with E-state index in [4.69, 9.17) is 0 Å². The Morgan fingerprint density at radius 2 is 1.34 bits per heavy atom. The van der Waals surface area contributed by atoms with E-state index in [0.29, 0.717) is 22.8 Å². The molecule has 0 spiro atoms. The van der Waals surface area contributed by atoms with Gasteiger partial charge in [-0.05, 0) is 68.4 Å². The number of amides is 2. The summed E-state index contributed by atoms with van der Waals surface area (Å²) < 4.78 is 40.2.